The van der Waals surface area contributed by atoms with E-state index in [1.807, 2.05) is 62.4 Å². The van der Waals surface area contributed by atoms with Crippen molar-refractivity contribution in [3.05, 3.63) is 102 Å². The second kappa shape index (κ2) is 10.2. The van der Waals surface area contributed by atoms with Crippen molar-refractivity contribution >= 4 is 17.3 Å². The molecule has 6 nitrogen and oxygen atoms in total. The molecule has 31 heavy (non-hydrogen) atoms. The summed E-state index contributed by atoms with van der Waals surface area (Å²) >= 11 is 0. The fourth-order valence-corrected chi connectivity index (χ4v) is 3.06. The predicted octanol–water partition coefficient (Wildman–Crippen LogP) is 4.97. The highest BCUT2D eigenvalue weighted by atomic mass is 16.5. The van der Waals surface area contributed by atoms with Crippen LogP contribution in [0.2, 0.25) is 0 Å². The first kappa shape index (κ1) is 21.8. The smallest absolute Gasteiger partial charge is 0.274 e. The van der Waals surface area contributed by atoms with E-state index < -0.39 is 0 Å². The van der Waals surface area contributed by atoms with Crippen LogP contribution < -0.4 is 15.4 Å². The van der Waals surface area contributed by atoms with Gasteiger partial charge in [-0.25, -0.2) is 4.99 Å². The molecule has 1 aromatic heterocycles. The second-order valence-electron chi connectivity index (χ2n) is 7.04. The van der Waals surface area contributed by atoms with Gasteiger partial charge in [0.05, 0.1) is 7.11 Å². The summed E-state index contributed by atoms with van der Waals surface area (Å²) in [6.07, 6.45) is 1.59. The third-order valence-corrected chi connectivity index (χ3v) is 4.72. The summed E-state index contributed by atoms with van der Waals surface area (Å²) in [7, 11) is 1.64. The fraction of sp³-hybridized carbons (Fsp3) is 0.160. The van der Waals surface area contributed by atoms with Gasteiger partial charge in [0.25, 0.3) is 5.91 Å². The van der Waals surface area contributed by atoms with Crippen molar-refractivity contribution in [3.8, 4) is 5.75 Å². The van der Waals surface area contributed by atoms with E-state index in [0.29, 0.717) is 17.2 Å². The van der Waals surface area contributed by atoms with Crippen LogP contribution in [-0.4, -0.2) is 23.7 Å². The molecule has 3 aromatic rings. The van der Waals surface area contributed by atoms with Crippen LogP contribution in [0.25, 0.3) is 0 Å². The van der Waals surface area contributed by atoms with Gasteiger partial charge in [0.1, 0.15) is 17.3 Å². The van der Waals surface area contributed by atoms with Crippen LogP contribution in [0.4, 0.5) is 5.69 Å². The summed E-state index contributed by atoms with van der Waals surface area (Å²) in [5, 5.41) is 6.18. The van der Waals surface area contributed by atoms with Gasteiger partial charge in [-0.2, -0.15) is 0 Å². The van der Waals surface area contributed by atoms with E-state index >= 15 is 0 Å². The second-order valence-corrected chi connectivity index (χ2v) is 7.04. The highest BCUT2D eigenvalue weighted by Crippen LogP contribution is 2.19. The Morgan fingerprint density at radius 2 is 1.90 bits per heavy atom. The minimum absolute atomic E-state index is 0.0546. The first-order valence-corrected chi connectivity index (χ1v) is 9.94. The molecule has 0 aliphatic heterocycles. The minimum Gasteiger partial charge on any atom is -0.497 e. The van der Waals surface area contributed by atoms with Gasteiger partial charge in [0.2, 0.25) is 0 Å². The SMILES string of the molecule is C=C(/N=C(\C)c1cccc(OC)c1)NC(C)c1cccc(NC(=O)c2ccccn2)c1. The Kier molecular flexibility index (Phi) is 7.17. The molecule has 0 saturated heterocycles. The zero-order chi connectivity index (χ0) is 22.2. The molecular weight excluding hydrogens is 388 g/mol. The van der Waals surface area contributed by atoms with Crippen molar-refractivity contribution in [2.45, 2.75) is 19.9 Å². The van der Waals surface area contributed by atoms with Crippen molar-refractivity contribution in [2.75, 3.05) is 12.4 Å². The zero-order valence-corrected chi connectivity index (χ0v) is 17.9. The van der Waals surface area contributed by atoms with Gasteiger partial charge in [-0.1, -0.05) is 36.9 Å². The number of hydrogen-bond donors (Lipinski definition) is 2. The fourth-order valence-electron chi connectivity index (χ4n) is 3.06. The van der Waals surface area contributed by atoms with Crippen molar-refractivity contribution in [1.29, 1.82) is 0 Å². The normalized spacial score (nSPS) is 12.0. The predicted molar refractivity (Wildman–Crippen MR) is 125 cm³/mol. The number of aliphatic imine (C=N–C) groups is 1. The van der Waals surface area contributed by atoms with Crippen molar-refractivity contribution in [2.24, 2.45) is 4.99 Å². The molecular formula is C25H26N4O2. The quantitative estimate of drug-likeness (QED) is 0.510. The Hall–Kier alpha value is -3.93. The topological polar surface area (TPSA) is 75.6 Å². The van der Waals surface area contributed by atoms with Crippen molar-refractivity contribution in [1.82, 2.24) is 10.3 Å². The van der Waals surface area contributed by atoms with Gasteiger partial charge >= 0.3 is 0 Å². The lowest BCUT2D eigenvalue weighted by molar-refractivity contribution is 0.102. The summed E-state index contributed by atoms with van der Waals surface area (Å²) in [5.41, 5.74) is 3.86. The molecule has 158 valence electrons. The van der Waals surface area contributed by atoms with Crippen LogP contribution in [0.15, 0.2) is 90.3 Å². The molecule has 2 N–H and O–H groups in total. The number of carbonyl (C=O) groups is 1. The number of hydrogen-bond acceptors (Lipinski definition) is 5. The Morgan fingerprint density at radius 3 is 2.65 bits per heavy atom. The van der Waals surface area contributed by atoms with Gasteiger partial charge in [-0.3, -0.25) is 9.78 Å². The Bertz CT molecular complexity index is 1090. The maximum atomic E-state index is 12.3. The Labute approximate surface area is 182 Å². The maximum Gasteiger partial charge on any atom is 0.274 e. The van der Waals surface area contributed by atoms with Gasteiger partial charge in [0, 0.05) is 23.6 Å². The number of rotatable bonds is 8. The van der Waals surface area contributed by atoms with Crippen LogP contribution in [0.5, 0.6) is 5.75 Å². The summed E-state index contributed by atoms with van der Waals surface area (Å²) in [4.78, 5) is 21.0. The molecule has 0 radical (unpaired) electrons. The number of nitrogens with zero attached hydrogens (tertiary/aromatic N) is 2. The van der Waals surface area contributed by atoms with E-state index in [2.05, 4.69) is 27.2 Å². The first-order valence-electron chi connectivity index (χ1n) is 9.94. The van der Waals surface area contributed by atoms with Crippen LogP contribution in [0.3, 0.4) is 0 Å². The third-order valence-electron chi connectivity index (χ3n) is 4.72. The number of methoxy groups -OCH3 is 1. The number of anilines is 1. The lowest BCUT2D eigenvalue weighted by Gasteiger charge is -2.17. The molecule has 2 aromatic carbocycles. The Balaban J connectivity index is 1.66. The number of nitrogens with one attached hydrogen (secondary N) is 2. The molecule has 3 rings (SSSR count). The number of benzene rings is 2. The van der Waals surface area contributed by atoms with Crippen molar-refractivity contribution in [3.63, 3.8) is 0 Å². The van der Waals surface area contributed by atoms with Crippen LogP contribution in [-0.2, 0) is 0 Å². The van der Waals surface area contributed by atoms with E-state index in [1.54, 1.807) is 31.5 Å². The lowest BCUT2D eigenvalue weighted by Crippen LogP contribution is -2.18. The lowest BCUT2D eigenvalue weighted by atomic mass is 10.1. The molecule has 0 aliphatic carbocycles. The number of ether oxygens (including phenoxy) is 1. The zero-order valence-electron chi connectivity index (χ0n) is 17.9. The standard InChI is InChI=1S/C25H26N4O2/c1-17(27-19(3)28-18(2)21-10-8-12-23(16-21)31-4)20-9-7-11-22(15-20)29-25(30)24-13-5-6-14-26-24/h5-17,27H,3H2,1-2,4H3,(H,29,30)/b28-18+. The van der Waals surface area contributed by atoms with Gasteiger partial charge in [-0.05, 0) is 61.4 Å². The average molecular weight is 415 g/mol. The van der Waals surface area contributed by atoms with E-state index in [4.69, 9.17) is 4.74 Å². The molecule has 1 heterocycles. The van der Waals surface area contributed by atoms with Crippen LogP contribution in [0, 0.1) is 0 Å². The summed E-state index contributed by atoms with van der Waals surface area (Å²) in [6, 6.07) is 20.6. The largest absolute Gasteiger partial charge is 0.497 e. The van der Waals surface area contributed by atoms with Crippen molar-refractivity contribution < 1.29 is 9.53 Å². The summed E-state index contributed by atoms with van der Waals surface area (Å²) in [5.74, 6) is 1.08. The molecule has 6 heteroatoms. The minimum atomic E-state index is -0.249. The Morgan fingerprint density at radius 1 is 1.10 bits per heavy atom. The molecule has 0 saturated carbocycles. The summed E-state index contributed by atoms with van der Waals surface area (Å²) in [6.45, 7) is 7.98. The monoisotopic (exact) mass is 414 g/mol. The number of carbonyl (C=O) groups excluding carboxylic acids is 1. The molecule has 0 spiro atoms. The highest BCUT2D eigenvalue weighted by Gasteiger charge is 2.10. The molecule has 1 unspecified atom stereocenters. The maximum absolute atomic E-state index is 12.3. The van der Waals surface area contributed by atoms with E-state index in [1.165, 1.54) is 0 Å². The van der Waals surface area contributed by atoms with E-state index in [-0.39, 0.29) is 11.9 Å². The first-order chi connectivity index (χ1) is 15.0. The van der Waals surface area contributed by atoms with Gasteiger partial charge < -0.3 is 15.4 Å². The number of aromatic nitrogens is 1. The molecule has 0 fully saturated rings. The van der Waals surface area contributed by atoms with Crippen LogP contribution >= 0.6 is 0 Å². The summed E-state index contributed by atoms with van der Waals surface area (Å²) < 4.78 is 5.27. The van der Waals surface area contributed by atoms with E-state index in [0.717, 1.165) is 22.6 Å². The molecule has 0 bridgehead atoms. The van der Waals surface area contributed by atoms with Gasteiger partial charge in [0.15, 0.2) is 0 Å². The number of amides is 1. The van der Waals surface area contributed by atoms with Crippen LogP contribution in [0.1, 0.15) is 41.5 Å². The average Bonchev–Trinajstić information content (AvgIpc) is 2.79. The third kappa shape index (κ3) is 6.02. The molecule has 1 atom stereocenters. The highest BCUT2D eigenvalue weighted by molar-refractivity contribution is 6.02. The van der Waals surface area contributed by atoms with Gasteiger partial charge in [-0.15, -0.1) is 0 Å². The molecule has 1 amide bonds. The number of pyridine rings is 1. The van der Waals surface area contributed by atoms with E-state index in [9.17, 15) is 4.79 Å². The molecule has 0 aliphatic rings.